The van der Waals surface area contributed by atoms with Crippen LogP contribution in [0.3, 0.4) is 0 Å². The summed E-state index contributed by atoms with van der Waals surface area (Å²) in [5.74, 6) is 7.58. The summed E-state index contributed by atoms with van der Waals surface area (Å²) in [6.07, 6.45) is 0. The first-order valence-corrected chi connectivity index (χ1v) is 5.90. The highest BCUT2D eigenvalue weighted by Crippen LogP contribution is 2.23. The number of para-hydroxylation sites is 1. The van der Waals surface area contributed by atoms with Crippen LogP contribution in [0, 0.1) is 17.7 Å². The fourth-order valence-electron chi connectivity index (χ4n) is 1.67. The van der Waals surface area contributed by atoms with Gasteiger partial charge < -0.3 is 4.74 Å². The molecule has 2 aromatic carbocycles. The van der Waals surface area contributed by atoms with Crippen molar-refractivity contribution < 1.29 is 13.9 Å². The average molecular weight is 266 g/mol. The topological polar surface area (TPSA) is 26.3 Å². The van der Waals surface area contributed by atoms with Crippen molar-refractivity contribution in [2.45, 2.75) is 0 Å². The molecule has 0 radical (unpaired) electrons. The zero-order chi connectivity index (χ0) is 14.4. The van der Waals surface area contributed by atoms with Gasteiger partial charge in [0.1, 0.15) is 23.1 Å². The molecule has 0 fully saturated rings. The Bertz CT molecular complexity index is 715. The molecule has 0 bridgehead atoms. The number of hydrogen-bond donors (Lipinski definition) is 0. The lowest BCUT2D eigenvalue weighted by atomic mass is 10.1. The molecule has 0 aromatic heterocycles. The van der Waals surface area contributed by atoms with Gasteiger partial charge in [0.2, 0.25) is 0 Å². The Balaban J connectivity index is 2.36. The molecular formula is C17H11FO2. The van der Waals surface area contributed by atoms with E-state index in [0.29, 0.717) is 16.9 Å². The van der Waals surface area contributed by atoms with E-state index in [1.165, 1.54) is 19.2 Å². The second kappa shape index (κ2) is 6.38. The Labute approximate surface area is 116 Å². The number of methoxy groups -OCH3 is 1. The van der Waals surface area contributed by atoms with E-state index in [9.17, 15) is 9.18 Å². The number of halogens is 1. The van der Waals surface area contributed by atoms with E-state index in [2.05, 4.69) is 11.8 Å². The lowest BCUT2D eigenvalue weighted by molar-refractivity contribution is 0.413. The highest BCUT2D eigenvalue weighted by atomic mass is 19.1. The zero-order valence-electron chi connectivity index (χ0n) is 10.8. The summed E-state index contributed by atoms with van der Waals surface area (Å²) >= 11 is 0. The van der Waals surface area contributed by atoms with E-state index in [4.69, 9.17) is 4.74 Å². The minimum Gasteiger partial charge on any atom is -0.496 e. The van der Waals surface area contributed by atoms with Crippen LogP contribution in [0.25, 0.3) is 5.57 Å². The Morgan fingerprint density at radius 2 is 1.80 bits per heavy atom. The van der Waals surface area contributed by atoms with Gasteiger partial charge in [0.25, 0.3) is 0 Å². The third-order valence-electron chi connectivity index (χ3n) is 2.65. The molecule has 0 aliphatic heterocycles. The first-order valence-electron chi connectivity index (χ1n) is 5.90. The van der Waals surface area contributed by atoms with E-state index in [1.54, 1.807) is 36.4 Å². The van der Waals surface area contributed by atoms with E-state index in [0.717, 1.165) is 0 Å². The maximum atomic E-state index is 12.8. The van der Waals surface area contributed by atoms with E-state index >= 15 is 0 Å². The molecule has 2 rings (SSSR count). The van der Waals surface area contributed by atoms with Crippen molar-refractivity contribution >= 4 is 11.5 Å². The van der Waals surface area contributed by atoms with E-state index in [1.807, 2.05) is 5.94 Å². The third kappa shape index (κ3) is 3.14. The predicted molar refractivity (Wildman–Crippen MR) is 75.4 cm³/mol. The molecule has 0 aliphatic carbocycles. The Morgan fingerprint density at radius 3 is 2.45 bits per heavy atom. The molecule has 0 saturated carbocycles. The number of carbonyl (C=O) groups excluding carboxylic acids is 1. The summed E-state index contributed by atoms with van der Waals surface area (Å²) in [4.78, 5) is 11.1. The van der Waals surface area contributed by atoms with Crippen LogP contribution in [0.15, 0.2) is 48.5 Å². The molecule has 0 heterocycles. The van der Waals surface area contributed by atoms with Crippen LogP contribution >= 0.6 is 0 Å². The smallest absolute Gasteiger partial charge is 0.142 e. The van der Waals surface area contributed by atoms with Gasteiger partial charge in [-0.15, -0.1) is 0 Å². The van der Waals surface area contributed by atoms with Gasteiger partial charge in [0.05, 0.1) is 7.11 Å². The summed E-state index contributed by atoms with van der Waals surface area (Å²) < 4.78 is 18.0. The Kier molecular flexibility index (Phi) is 4.34. The molecule has 98 valence electrons. The van der Waals surface area contributed by atoms with Gasteiger partial charge in [0, 0.05) is 11.1 Å². The van der Waals surface area contributed by atoms with E-state index in [-0.39, 0.29) is 11.4 Å². The van der Waals surface area contributed by atoms with Crippen LogP contribution in [0.4, 0.5) is 4.39 Å². The Hall–Kier alpha value is -2.82. The minimum atomic E-state index is -0.327. The number of rotatable bonds is 2. The van der Waals surface area contributed by atoms with Gasteiger partial charge >= 0.3 is 0 Å². The second-order valence-electron chi connectivity index (χ2n) is 3.93. The first-order chi connectivity index (χ1) is 9.74. The van der Waals surface area contributed by atoms with Crippen molar-refractivity contribution in [2.75, 3.05) is 7.11 Å². The van der Waals surface area contributed by atoms with E-state index < -0.39 is 0 Å². The molecule has 0 saturated heterocycles. The summed E-state index contributed by atoms with van der Waals surface area (Å²) in [6, 6.07) is 12.8. The summed E-state index contributed by atoms with van der Waals surface area (Å²) in [6.45, 7) is 0. The van der Waals surface area contributed by atoms with Gasteiger partial charge in [-0.3, -0.25) is 0 Å². The molecule has 3 heteroatoms. The van der Waals surface area contributed by atoms with Crippen molar-refractivity contribution in [3.63, 3.8) is 0 Å². The second-order valence-corrected chi connectivity index (χ2v) is 3.93. The van der Waals surface area contributed by atoms with Crippen LogP contribution < -0.4 is 4.74 Å². The highest BCUT2D eigenvalue weighted by Gasteiger charge is 2.06. The van der Waals surface area contributed by atoms with Gasteiger partial charge in [-0.05, 0) is 42.3 Å². The van der Waals surface area contributed by atoms with Gasteiger partial charge in [-0.1, -0.05) is 18.1 Å². The maximum absolute atomic E-state index is 12.8. The normalized spacial score (nSPS) is 9.10. The van der Waals surface area contributed by atoms with Crippen LogP contribution in [-0.4, -0.2) is 13.1 Å². The molecule has 2 aromatic rings. The SMILES string of the molecule is COc1ccccc1C(=C=O)C#Cc1ccc(F)cc1. The van der Waals surface area contributed by atoms with Crippen LogP contribution in [-0.2, 0) is 4.79 Å². The lowest BCUT2D eigenvalue weighted by Gasteiger charge is -2.04. The van der Waals surface area contributed by atoms with Gasteiger partial charge in [0.15, 0.2) is 0 Å². The third-order valence-corrected chi connectivity index (χ3v) is 2.65. The van der Waals surface area contributed by atoms with Crippen molar-refractivity contribution in [1.82, 2.24) is 0 Å². The molecule has 0 aliphatic rings. The molecule has 0 atom stereocenters. The molecule has 2 nitrogen and oxygen atoms in total. The fraction of sp³-hybridized carbons (Fsp3) is 0.0588. The number of ether oxygens (including phenoxy) is 1. The van der Waals surface area contributed by atoms with Crippen LogP contribution in [0.2, 0.25) is 0 Å². The molecule has 0 N–H and O–H groups in total. The predicted octanol–water partition coefficient (Wildman–Crippen LogP) is 3.10. The standard InChI is InChI=1S/C17H11FO2/c1-20-17-5-3-2-4-16(17)14(12-19)9-6-13-7-10-15(18)11-8-13/h2-5,7-8,10-11H,1H3. The molecule has 0 spiro atoms. The molecular weight excluding hydrogens is 255 g/mol. The lowest BCUT2D eigenvalue weighted by Crippen LogP contribution is -1.90. The van der Waals surface area contributed by atoms with Crippen molar-refractivity contribution in [3.05, 3.63) is 65.5 Å². The molecule has 20 heavy (non-hydrogen) atoms. The monoisotopic (exact) mass is 266 g/mol. The maximum Gasteiger partial charge on any atom is 0.142 e. The largest absolute Gasteiger partial charge is 0.496 e. The van der Waals surface area contributed by atoms with Gasteiger partial charge in [-0.2, -0.15) is 0 Å². The molecule has 0 unspecified atom stereocenters. The zero-order valence-corrected chi connectivity index (χ0v) is 10.8. The number of hydrogen-bond acceptors (Lipinski definition) is 2. The van der Waals surface area contributed by atoms with Crippen LogP contribution in [0.5, 0.6) is 5.75 Å². The summed E-state index contributed by atoms with van der Waals surface area (Å²) in [5, 5.41) is 0. The summed E-state index contributed by atoms with van der Waals surface area (Å²) in [5.41, 5.74) is 1.40. The van der Waals surface area contributed by atoms with Crippen molar-refractivity contribution in [3.8, 4) is 17.6 Å². The first kappa shape index (κ1) is 13.6. The fourth-order valence-corrected chi connectivity index (χ4v) is 1.67. The summed E-state index contributed by atoms with van der Waals surface area (Å²) in [7, 11) is 1.52. The highest BCUT2D eigenvalue weighted by molar-refractivity contribution is 5.98. The quantitative estimate of drug-likeness (QED) is 0.616. The molecule has 0 amide bonds. The van der Waals surface area contributed by atoms with Crippen LogP contribution in [0.1, 0.15) is 11.1 Å². The van der Waals surface area contributed by atoms with Gasteiger partial charge in [-0.25, -0.2) is 9.18 Å². The Morgan fingerprint density at radius 1 is 1.10 bits per heavy atom. The average Bonchev–Trinajstić information content (AvgIpc) is 2.50. The number of benzene rings is 2. The minimum absolute atomic E-state index is 0.201. The number of allylic oxidation sites excluding steroid dienone is 1. The van der Waals surface area contributed by atoms with Crippen molar-refractivity contribution in [2.24, 2.45) is 0 Å². The van der Waals surface area contributed by atoms with Crippen molar-refractivity contribution in [1.29, 1.82) is 0 Å².